The van der Waals surface area contributed by atoms with Gasteiger partial charge < -0.3 is 16.3 Å². The Morgan fingerprint density at radius 2 is 2.28 bits per heavy atom. The molecule has 0 bridgehead atoms. The number of nitrogens with zero attached hydrogens (tertiary/aromatic N) is 2. The van der Waals surface area contributed by atoms with Crippen molar-refractivity contribution >= 4 is 11.7 Å². The van der Waals surface area contributed by atoms with E-state index in [1.807, 2.05) is 0 Å². The molecule has 0 aromatic carbocycles. The van der Waals surface area contributed by atoms with Gasteiger partial charge >= 0.3 is 0 Å². The standard InChI is InChI=1S/C11H15FN4O2/c1-11(2,10(13)16-18)6-15-9(17)7-3-8(12)5-14-4-7/h3-5,18H,6H2,1-2H3,(H2,13,16)(H,15,17). The van der Waals surface area contributed by atoms with Crippen LogP contribution in [-0.4, -0.2) is 28.5 Å². The molecule has 0 spiro atoms. The molecular weight excluding hydrogens is 239 g/mol. The maximum absolute atomic E-state index is 12.9. The van der Waals surface area contributed by atoms with Gasteiger partial charge in [0, 0.05) is 18.2 Å². The molecule has 1 amide bonds. The Balaban J connectivity index is 2.67. The molecule has 0 saturated heterocycles. The van der Waals surface area contributed by atoms with Crippen molar-refractivity contribution in [3.05, 3.63) is 29.8 Å². The number of hydrogen-bond acceptors (Lipinski definition) is 4. The van der Waals surface area contributed by atoms with E-state index >= 15 is 0 Å². The van der Waals surface area contributed by atoms with Crippen LogP contribution in [-0.2, 0) is 0 Å². The van der Waals surface area contributed by atoms with E-state index in [4.69, 9.17) is 10.9 Å². The van der Waals surface area contributed by atoms with Gasteiger partial charge in [-0.3, -0.25) is 9.78 Å². The second-order valence-corrected chi connectivity index (χ2v) is 4.44. The Morgan fingerprint density at radius 3 is 2.83 bits per heavy atom. The first kappa shape index (κ1) is 13.9. The molecule has 0 aliphatic heterocycles. The summed E-state index contributed by atoms with van der Waals surface area (Å²) < 4.78 is 12.9. The van der Waals surface area contributed by atoms with Crippen LogP contribution in [0.2, 0.25) is 0 Å². The molecule has 1 aromatic heterocycles. The van der Waals surface area contributed by atoms with Crippen LogP contribution < -0.4 is 11.1 Å². The minimum absolute atomic E-state index is 0.000155. The van der Waals surface area contributed by atoms with E-state index in [-0.39, 0.29) is 17.9 Å². The third-order valence-corrected chi connectivity index (χ3v) is 2.46. The van der Waals surface area contributed by atoms with Gasteiger partial charge in [-0.1, -0.05) is 19.0 Å². The first-order valence-electron chi connectivity index (χ1n) is 5.23. The molecular formula is C11H15FN4O2. The lowest BCUT2D eigenvalue weighted by molar-refractivity contribution is 0.0943. The molecule has 1 heterocycles. The van der Waals surface area contributed by atoms with Crippen molar-refractivity contribution in [1.29, 1.82) is 0 Å². The third-order valence-electron chi connectivity index (χ3n) is 2.46. The Labute approximate surface area is 104 Å². The molecule has 7 heteroatoms. The van der Waals surface area contributed by atoms with Gasteiger partial charge in [-0.15, -0.1) is 0 Å². The molecule has 1 aromatic rings. The minimum atomic E-state index is -0.703. The third kappa shape index (κ3) is 3.41. The van der Waals surface area contributed by atoms with Crippen molar-refractivity contribution in [1.82, 2.24) is 10.3 Å². The highest BCUT2D eigenvalue weighted by atomic mass is 19.1. The normalized spacial score (nSPS) is 12.3. The SMILES string of the molecule is CC(C)(CNC(=O)c1cncc(F)c1)/C(N)=N/O. The molecule has 0 aliphatic carbocycles. The zero-order chi connectivity index (χ0) is 13.8. The summed E-state index contributed by atoms with van der Waals surface area (Å²) in [6, 6.07) is 1.08. The Bertz CT molecular complexity index is 474. The fourth-order valence-electron chi connectivity index (χ4n) is 1.17. The van der Waals surface area contributed by atoms with Crippen LogP contribution in [0.4, 0.5) is 4.39 Å². The van der Waals surface area contributed by atoms with Crippen LogP contribution in [0.25, 0.3) is 0 Å². The van der Waals surface area contributed by atoms with E-state index in [0.29, 0.717) is 0 Å². The fourth-order valence-corrected chi connectivity index (χ4v) is 1.17. The summed E-state index contributed by atoms with van der Waals surface area (Å²) >= 11 is 0. The monoisotopic (exact) mass is 254 g/mol. The van der Waals surface area contributed by atoms with Crippen LogP contribution in [0, 0.1) is 11.2 Å². The summed E-state index contributed by atoms with van der Waals surface area (Å²) in [5, 5.41) is 14.0. The molecule has 6 nitrogen and oxygen atoms in total. The number of carbonyl (C=O) groups excluding carboxylic acids is 1. The first-order chi connectivity index (χ1) is 8.36. The van der Waals surface area contributed by atoms with Crippen molar-refractivity contribution < 1.29 is 14.4 Å². The molecule has 4 N–H and O–H groups in total. The number of amides is 1. The van der Waals surface area contributed by atoms with Gasteiger partial charge in [-0.2, -0.15) is 0 Å². The average Bonchev–Trinajstić information content (AvgIpc) is 2.35. The Morgan fingerprint density at radius 1 is 1.61 bits per heavy atom. The number of carbonyl (C=O) groups is 1. The largest absolute Gasteiger partial charge is 0.409 e. The summed E-state index contributed by atoms with van der Waals surface area (Å²) in [5.74, 6) is -1.06. The number of nitrogens with one attached hydrogen (secondary N) is 1. The highest BCUT2D eigenvalue weighted by Gasteiger charge is 2.24. The predicted molar refractivity (Wildman–Crippen MR) is 63.7 cm³/mol. The van der Waals surface area contributed by atoms with E-state index in [1.54, 1.807) is 13.8 Å². The topological polar surface area (TPSA) is 101 Å². The van der Waals surface area contributed by atoms with Gasteiger partial charge in [0.2, 0.25) is 0 Å². The Hall–Kier alpha value is -2.18. The number of halogens is 1. The van der Waals surface area contributed by atoms with Crippen LogP contribution >= 0.6 is 0 Å². The number of pyridine rings is 1. The minimum Gasteiger partial charge on any atom is -0.409 e. The van der Waals surface area contributed by atoms with Gasteiger partial charge in [0.1, 0.15) is 11.7 Å². The number of aromatic nitrogens is 1. The van der Waals surface area contributed by atoms with Crippen molar-refractivity contribution in [2.75, 3.05) is 6.54 Å². The van der Waals surface area contributed by atoms with E-state index in [0.717, 1.165) is 12.3 Å². The molecule has 0 radical (unpaired) electrons. The van der Waals surface area contributed by atoms with Crippen molar-refractivity contribution in [2.24, 2.45) is 16.3 Å². The molecule has 0 unspecified atom stereocenters. The lowest BCUT2D eigenvalue weighted by Gasteiger charge is -2.23. The number of nitrogens with two attached hydrogens (primary N) is 1. The molecule has 1 rings (SSSR count). The second kappa shape index (κ2) is 5.44. The lowest BCUT2D eigenvalue weighted by Crippen LogP contribution is -2.42. The summed E-state index contributed by atoms with van der Waals surface area (Å²) in [4.78, 5) is 15.3. The highest BCUT2D eigenvalue weighted by Crippen LogP contribution is 2.13. The summed E-state index contributed by atoms with van der Waals surface area (Å²) in [6.45, 7) is 3.55. The summed E-state index contributed by atoms with van der Waals surface area (Å²) in [5.41, 5.74) is 4.89. The van der Waals surface area contributed by atoms with Gasteiger partial charge in [-0.05, 0) is 6.07 Å². The summed E-state index contributed by atoms with van der Waals surface area (Å²) in [7, 11) is 0. The maximum Gasteiger partial charge on any atom is 0.252 e. The molecule has 18 heavy (non-hydrogen) atoms. The lowest BCUT2D eigenvalue weighted by atomic mass is 9.92. The first-order valence-corrected chi connectivity index (χ1v) is 5.23. The number of oxime groups is 1. The maximum atomic E-state index is 12.9. The summed E-state index contributed by atoms with van der Waals surface area (Å²) in [6.07, 6.45) is 2.27. The van der Waals surface area contributed by atoms with Crippen LogP contribution in [0.1, 0.15) is 24.2 Å². The van der Waals surface area contributed by atoms with Gasteiger partial charge in [0.25, 0.3) is 5.91 Å². The molecule has 0 atom stereocenters. The average molecular weight is 254 g/mol. The quantitative estimate of drug-likeness (QED) is 0.319. The van der Waals surface area contributed by atoms with Crippen LogP contribution in [0.5, 0.6) is 0 Å². The van der Waals surface area contributed by atoms with Crippen molar-refractivity contribution in [3.8, 4) is 0 Å². The van der Waals surface area contributed by atoms with E-state index in [1.165, 1.54) is 6.20 Å². The molecule has 0 fully saturated rings. The molecule has 0 saturated carbocycles. The van der Waals surface area contributed by atoms with Gasteiger partial charge in [0.05, 0.1) is 11.8 Å². The number of hydrogen-bond donors (Lipinski definition) is 3. The van der Waals surface area contributed by atoms with Crippen molar-refractivity contribution in [2.45, 2.75) is 13.8 Å². The van der Waals surface area contributed by atoms with E-state index < -0.39 is 17.1 Å². The smallest absolute Gasteiger partial charge is 0.252 e. The number of amidine groups is 1. The molecule has 98 valence electrons. The highest BCUT2D eigenvalue weighted by molar-refractivity contribution is 5.94. The predicted octanol–water partition coefficient (Wildman–Crippen LogP) is 0.723. The van der Waals surface area contributed by atoms with E-state index in [9.17, 15) is 9.18 Å². The van der Waals surface area contributed by atoms with E-state index in [2.05, 4.69) is 15.5 Å². The van der Waals surface area contributed by atoms with Crippen LogP contribution in [0.15, 0.2) is 23.6 Å². The fraction of sp³-hybridized carbons (Fsp3) is 0.364. The zero-order valence-electron chi connectivity index (χ0n) is 10.1. The Kier molecular flexibility index (Phi) is 4.19. The number of rotatable bonds is 4. The molecule has 0 aliphatic rings. The zero-order valence-corrected chi connectivity index (χ0v) is 10.1. The van der Waals surface area contributed by atoms with Gasteiger partial charge in [0.15, 0.2) is 0 Å². The van der Waals surface area contributed by atoms with Gasteiger partial charge in [-0.25, -0.2) is 4.39 Å². The van der Waals surface area contributed by atoms with Crippen molar-refractivity contribution in [3.63, 3.8) is 0 Å². The second-order valence-electron chi connectivity index (χ2n) is 4.44. The van der Waals surface area contributed by atoms with Crippen LogP contribution in [0.3, 0.4) is 0 Å².